The first-order valence-corrected chi connectivity index (χ1v) is 6.59. The Bertz CT molecular complexity index is 555. The lowest BCUT2D eigenvalue weighted by atomic mass is 10.1. The molecule has 0 saturated heterocycles. The molecule has 0 aliphatic heterocycles. The topological polar surface area (TPSA) is 53.1 Å². The van der Waals surface area contributed by atoms with Crippen molar-refractivity contribution in [3.8, 4) is 5.88 Å². The molecule has 4 heteroatoms. The first kappa shape index (κ1) is 11.4. The summed E-state index contributed by atoms with van der Waals surface area (Å²) in [4.78, 5) is 0. The summed E-state index contributed by atoms with van der Waals surface area (Å²) < 4.78 is 7.74. The van der Waals surface area contributed by atoms with E-state index < -0.39 is 0 Å². The highest BCUT2D eigenvalue weighted by Gasteiger charge is 2.17. The molecule has 18 heavy (non-hydrogen) atoms. The van der Waals surface area contributed by atoms with Gasteiger partial charge >= 0.3 is 0 Å². The Morgan fingerprint density at radius 3 is 2.94 bits per heavy atom. The van der Waals surface area contributed by atoms with E-state index in [0.717, 1.165) is 23.2 Å². The highest BCUT2D eigenvalue weighted by atomic mass is 16.5. The molecule has 1 heterocycles. The molecule has 0 atom stereocenters. The predicted octanol–water partition coefficient (Wildman–Crippen LogP) is 2.72. The van der Waals surface area contributed by atoms with Crippen LogP contribution in [0.5, 0.6) is 5.88 Å². The molecule has 2 N–H and O–H groups in total. The minimum atomic E-state index is 0.697. The molecule has 1 fully saturated rings. The molecule has 1 aliphatic carbocycles. The van der Waals surface area contributed by atoms with Crippen LogP contribution < -0.4 is 10.5 Å². The number of benzene rings is 1. The number of nitrogen functional groups attached to an aromatic ring is 1. The van der Waals surface area contributed by atoms with Crippen molar-refractivity contribution >= 4 is 16.6 Å². The molecule has 0 unspecified atom stereocenters. The average Bonchev–Trinajstić information content (AvgIpc) is 2.95. The van der Waals surface area contributed by atoms with Crippen LogP contribution in [0.15, 0.2) is 18.2 Å². The maximum atomic E-state index is 5.89. The molecule has 1 aliphatic rings. The predicted molar refractivity (Wildman–Crippen MR) is 72.6 cm³/mol. The first-order chi connectivity index (χ1) is 8.74. The Morgan fingerprint density at radius 1 is 1.39 bits per heavy atom. The molecule has 1 aromatic carbocycles. The van der Waals surface area contributed by atoms with Gasteiger partial charge in [0.25, 0.3) is 0 Å². The molecule has 96 valence electrons. The van der Waals surface area contributed by atoms with Crippen LogP contribution in [0.2, 0.25) is 0 Å². The molecule has 0 amide bonds. The minimum Gasteiger partial charge on any atom is -0.476 e. The largest absolute Gasteiger partial charge is 0.476 e. The van der Waals surface area contributed by atoms with Crippen LogP contribution in [0.3, 0.4) is 0 Å². The molecular formula is C14H19N3O. The second kappa shape index (κ2) is 4.52. The number of hydrogen-bond acceptors (Lipinski definition) is 3. The maximum absolute atomic E-state index is 5.89. The van der Waals surface area contributed by atoms with Crippen molar-refractivity contribution < 1.29 is 4.74 Å². The minimum absolute atomic E-state index is 0.697. The molecule has 0 radical (unpaired) electrons. The third kappa shape index (κ3) is 2.03. The summed E-state index contributed by atoms with van der Waals surface area (Å²) >= 11 is 0. The van der Waals surface area contributed by atoms with E-state index in [1.54, 1.807) is 0 Å². The van der Waals surface area contributed by atoms with Crippen molar-refractivity contribution in [3.63, 3.8) is 0 Å². The molecule has 2 aromatic rings. The fraction of sp³-hybridized carbons (Fsp3) is 0.500. The van der Waals surface area contributed by atoms with Crippen molar-refractivity contribution in [1.29, 1.82) is 0 Å². The summed E-state index contributed by atoms with van der Waals surface area (Å²) in [6.07, 6.45) is 5.24. The summed E-state index contributed by atoms with van der Waals surface area (Å²) in [6.45, 7) is 0.779. The average molecular weight is 245 g/mol. The number of aryl methyl sites for hydroxylation is 1. The lowest BCUT2D eigenvalue weighted by Gasteiger charge is -2.09. The van der Waals surface area contributed by atoms with E-state index in [-0.39, 0.29) is 0 Å². The van der Waals surface area contributed by atoms with Crippen LogP contribution in [0.25, 0.3) is 10.9 Å². The monoisotopic (exact) mass is 245 g/mol. The van der Waals surface area contributed by atoms with Gasteiger partial charge in [-0.05, 0) is 37.0 Å². The fourth-order valence-corrected chi connectivity index (χ4v) is 2.73. The standard InChI is InChI=1S/C14H19N3O/c1-17-13-7-6-11(15)8-12(13)14(16-17)18-9-10-4-2-3-5-10/h6-8,10H,2-5,9,15H2,1H3. The van der Waals surface area contributed by atoms with Gasteiger partial charge < -0.3 is 10.5 Å². The molecule has 1 aromatic heterocycles. The third-order valence-corrected chi connectivity index (χ3v) is 3.77. The van der Waals surface area contributed by atoms with Gasteiger partial charge in [0.2, 0.25) is 5.88 Å². The highest BCUT2D eigenvalue weighted by Crippen LogP contribution is 2.29. The van der Waals surface area contributed by atoms with E-state index in [1.165, 1.54) is 25.7 Å². The molecule has 3 rings (SSSR count). The van der Waals surface area contributed by atoms with Crippen LogP contribution in [0.4, 0.5) is 5.69 Å². The maximum Gasteiger partial charge on any atom is 0.240 e. The highest BCUT2D eigenvalue weighted by molar-refractivity contribution is 5.87. The second-order valence-electron chi connectivity index (χ2n) is 5.17. The number of ether oxygens (including phenoxy) is 1. The van der Waals surface area contributed by atoms with Gasteiger partial charge in [-0.2, -0.15) is 0 Å². The van der Waals surface area contributed by atoms with Crippen molar-refractivity contribution in [3.05, 3.63) is 18.2 Å². The van der Waals surface area contributed by atoms with Crippen LogP contribution in [-0.4, -0.2) is 16.4 Å². The normalized spacial score (nSPS) is 16.5. The summed E-state index contributed by atoms with van der Waals surface area (Å²) in [5.74, 6) is 1.41. The summed E-state index contributed by atoms with van der Waals surface area (Å²) in [5, 5.41) is 5.44. The van der Waals surface area contributed by atoms with Gasteiger partial charge in [-0.1, -0.05) is 12.8 Å². The molecule has 0 bridgehead atoms. The molecular weight excluding hydrogens is 226 g/mol. The van der Waals surface area contributed by atoms with Gasteiger partial charge in [-0.3, -0.25) is 4.68 Å². The summed E-state index contributed by atoms with van der Waals surface area (Å²) in [7, 11) is 1.93. The van der Waals surface area contributed by atoms with E-state index in [1.807, 2.05) is 29.9 Å². The van der Waals surface area contributed by atoms with Crippen molar-refractivity contribution in [2.45, 2.75) is 25.7 Å². The second-order valence-corrected chi connectivity index (χ2v) is 5.17. The van der Waals surface area contributed by atoms with Crippen molar-refractivity contribution in [1.82, 2.24) is 9.78 Å². The molecule has 0 spiro atoms. The van der Waals surface area contributed by atoms with Gasteiger partial charge in [-0.25, -0.2) is 0 Å². The van der Waals surface area contributed by atoms with E-state index >= 15 is 0 Å². The van der Waals surface area contributed by atoms with Gasteiger partial charge in [0.05, 0.1) is 17.5 Å². The van der Waals surface area contributed by atoms with Crippen LogP contribution in [0.1, 0.15) is 25.7 Å². The van der Waals surface area contributed by atoms with Crippen LogP contribution in [-0.2, 0) is 7.05 Å². The Hall–Kier alpha value is -1.71. The van der Waals surface area contributed by atoms with E-state index in [0.29, 0.717) is 11.8 Å². The summed E-state index contributed by atoms with van der Waals surface area (Å²) in [5.41, 5.74) is 7.64. The van der Waals surface area contributed by atoms with Gasteiger partial charge in [0.1, 0.15) is 0 Å². The Kier molecular flexibility index (Phi) is 2.86. The summed E-state index contributed by atoms with van der Waals surface area (Å²) in [6, 6.07) is 5.82. The van der Waals surface area contributed by atoms with Gasteiger partial charge in [0, 0.05) is 12.7 Å². The van der Waals surface area contributed by atoms with Crippen LogP contribution >= 0.6 is 0 Å². The van der Waals surface area contributed by atoms with Crippen LogP contribution in [0, 0.1) is 5.92 Å². The zero-order valence-corrected chi connectivity index (χ0v) is 10.7. The van der Waals surface area contributed by atoms with Gasteiger partial charge in [0.15, 0.2) is 0 Å². The number of hydrogen-bond donors (Lipinski definition) is 1. The number of anilines is 1. The van der Waals surface area contributed by atoms with Gasteiger partial charge in [-0.15, -0.1) is 5.10 Å². The first-order valence-electron chi connectivity index (χ1n) is 6.59. The number of nitrogens with two attached hydrogens (primary N) is 1. The zero-order valence-electron chi connectivity index (χ0n) is 10.7. The Morgan fingerprint density at radius 2 is 2.17 bits per heavy atom. The van der Waals surface area contributed by atoms with E-state index in [9.17, 15) is 0 Å². The zero-order chi connectivity index (χ0) is 12.5. The quantitative estimate of drug-likeness (QED) is 0.846. The molecule has 1 saturated carbocycles. The lowest BCUT2D eigenvalue weighted by Crippen LogP contribution is -2.08. The number of nitrogens with zero attached hydrogens (tertiary/aromatic N) is 2. The fourth-order valence-electron chi connectivity index (χ4n) is 2.73. The number of fused-ring (bicyclic) bond motifs is 1. The number of rotatable bonds is 3. The van der Waals surface area contributed by atoms with E-state index in [4.69, 9.17) is 10.5 Å². The Balaban J connectivity index is 1.84. The smallest absolute Gasteiger partial charge is 0.240 e. The third-order valence-electron chi connectivity index (χ3n) is 3.77. The van der Waals surface area contributed by atoms with E-state index in [2.05, 4.69) is 5.10 Å². The SMILES string of the molecule is Cn1nc(OCC2CCCC2)c2cc(N)ccc21. The lowest BCUT2D eigenvalue weighted by molar-refractivity contribution is 0.244. The van der Waals surface area contributed by atoms with Crippen molar-refractivity contribution in [2.75, 3.05) is 12.3 Å². The number of aromatic nitrogens is 2. The van der Waals surface area contributed by atoms with Crippen molar-refractivity contribution in [2.24, 2.45) is 13.0 Å². The Labute approximate surface area is 107 Å². The molecule has 4 nitrogen and oxygen atoms in total.